The summed E-state index contributed by atoms with van der Waals surface area (Å²) >= 11 is 0. The average molecular weight is 222 g/mol. The SMILES string of the molecule is COc1cccnc1OC1CCCC1CN. The Morgan fingerprint density at radius 2 is 2.38 bits per heavy atom. The van der Waals surface area contributed by atoms with Crippen molar-refractivity contribution >= 4 is 0 Å². The van der Waals surface area contributed by atoms with Crippen LogP contribution in [0.2, 0.25) is 0 Å². The van der Waals surface area contributed by atoms with Crippen LogP contribution in [-0.4, -0.2) is 24.7 Å². The van der Waals surface area contributed by atoms with Crippen LogP contribution >= 0.6 is 0 Å². The minimum absolute atomic E-state index is 0.189. The number of ether oxygens (including phenoxy) is 2. The van der Waals surface area contributed by atoms with Gasteiger partial charge in [0.15, 0.2) is 5.75 Å². The van der Waals surface area contributed by atoms with Crippen molar-refractivity contribution in [1.29, 1.82) is 0 Å². The lowest BCUT2D eigenvalue weighted by Gasteiger charge is -2.20. The van der Waals surface area contributed by atoms with Crippen molar-refractivity contribution in [2.45, 2.75) is 25.4 Å². The Morgan fingerprint density at radius 1 is 1.50 bits per heavy atom. The Balaban J connectivity index is 2.08. The summed E-state index contributed by atoms with van der Waals surface area (Å²) in [6.45, 7) is 0.680. The molecule has 2 rings (SSSR count). The molecule has 0 amide bonds. The molecule has 4 nitrogen and oxygen atoms in total. The Morgan fingerprint density at radius 3 is 3.12 bits per heavy atom. The number of nitrogens with two attached hydrogens (primary N) is 1. The normalized spacial score (nSPS) is 24.4. The summed E-state index contributed by atoms with van der Waals surface area (Å²) in [6.07, 6.45) is 5.29. The molecule has 1 aromatic heterocycles. The highest BCUT2D eigenvalue weighted by Gasteiger charge is 2.28. The number of pyridine rings is 1. The summed E-state index contributed by atoms with van der Waals surface area (Å²) in [7, 11) is 1.62. The number of nitrogens with zero attached hydrogens (tertiary/aromatic N) is 1. The lowest BCUT2D eigenvalue weighted by molar-refractivity contribution is 0.149. The summed E-state index contributed by atoms with van der Waals surface area (Å²) in [5.74, 6) is 1.72. The Kier molecular flexibility index (Phi) is 3.62. The van der Waals surface area contributed by atoms with Gasteiger partial charge >= 0.3 is 0 Å². The first-order valence-electron chi connectivity index (χ1n) is 5.71. The van der Waals surface area contributed by atoms with E-state index in [1.54, 1.807) is 13.3 Å². The summed E-state index contributed by atoms with van der Waals surface area (Å²) in [5.41, 5.74) is 5.72. The van der Waals surface area contributed by atoms with Crippen LogP contribution in [0.5, 0.6) is 11.6 Å². The van der Waals surface area contributed by atoms with Crippen LogP contribution in [0.4, 0.5) is 0 Å². The molecule has 1 saturated carbocycles. The van der Waals surface area contributed by atoms with Gasteiger partial charge in [0.2, 0.25) is 0 Å². The Hall–Kier alpha value is -1.29. The molecule has 4 heteroatoms. The van der Waals surface area contributed by atoms with Gasteiger partial charge < -0.3 is 15.2 Å². The van der Waals surface area contributed by atoms with Crippen molar-refractivity contribution in [3.63, 3.8) is 0 Å². The molecule has 16 heavy (non-hydrogen) atoms. The molecule has 0 bridgehead atoms. The van der Waals surface area contributed by atoms with Gasteiger partial charge in [-0.3, -0.25) is 0 Å². The van der Waals surface area contributed by atoms with Gasteiger partial charge in [0, 0.05) is 12.1 Å². The third-order valence-electron chi connectivity index (χ3n) is 3.11. The molecule has 0 aromatic carbocycles. The van der Waals surface area contributed by atoms with E-state index in [0.29, 0.717) is 24.1 Å². The van der Waals surface area contributed by atoms with E-state index in [2.05, 4.69) is 4.98 Å². The minimum atomic E-state index is 0.189. The molecule has 1 aliphatic rings. The lowest BCUT2D eigenvalue weighted by atomic mass is 10.1. The lowest BCUT2D eigenvalue weighted by Crippen LogP contribution is -2.28. The molecule has 0 saturated heterocycles. The first-order valence-corrected chi connectivity index (χ1v) is 5.71. The van der Waals surface area contributed by atoms with Crippen LogP contribution in [0.15, 0.2) is 18.3 Å². The highest BCUT2D eigenvalue weighted by molar-refractivity contribution is 5.32. The fraction of sp³-hybridized carbons (Fsp3) is 0.583. The monoisotopic (exact) mass is 222 g/mol. The highest BCUT2D eigenvalue weighted by atomic mass is 16.5. The van der Waals surface area contributed by atoms with E-state index in [1.807, 2.05) is 12.1 Å². The Bertz CT molecular complexity index is 344. The fourth-order valence-corrected chi connectivity index (χ4v) is 2.19. The van der Waals surface area contributed by atoms with E-state index >= 15 is 0 Å². The predicted octanol–water partition coefficient (Wildman–Crippen LogP) is 1.60. The molecule has 1 aliphatic carbocycles. The van der Waals surface area contributed by atoms with E-state index in [1.165, 1.54) is 6.42 Å². The summed E-state index contributed by atoms with van der Waals surface area (Å²) < 4.78 is 11.1. The first kappa shape index (κ1) is 11.2. The molecule has 2 N–H and O–H groups in total. The van der Waals surface area contributed by atoms with Gasteiger partial charge in [-0.05, 0) is 37.9 Å². The Labute approximate surface area is 95.8 Å². The molecule has 2 atom stereocenters. The van der Waals surface area contributed by atoms with E-state index in [-0.39, 0.29) is 6.10 Å². The second-order valence-corrected chi connectivity index (χ2v) is 4.09. The van der Waals surface area contributed by atoms with Crippen molar-refractivity contribution < 1.29 is 9.47 Å². The smallest absolute Gasteiger partial charge is 0.257 e. The average Bonchev–Trinajstić information content (AvgIpc) is 2.77. The van der Waals surface area contributed by atoms with Gasteiger partial charge in [-0.1, -0.05) is 0 Å². The van der Waals surface area contributed by atoms with E-state index in [9.17, 15) is 0 Å². The van der Waals surface area contributed by atoms with Gasteiger partial charge in [0.05, 0.1) is 7.11 Å². The standard InChI is InChI=1S/C12H18N2O2/c1-15-11-6-3-7-14-12(11)16-10-5-2-4-9(10)8-13/h3,6-7,9-10H,2,4-5,8,13H2,1H3. The molecule has 88 valence electrons. The quantitative estimate of drug-likeness (QED) is 0.840. The molecule has 1 heterocycles. The fourth-order valence-electron chi connectivity index (χ4n) is 2.19. The zero-order chi connectivity index (χ0) is 11.4. The maximum absolute atomic E-state index is 5.88. The van der Waals surface area contributed by atoms with Crippen molar-refractivity contribution in [2.24, 2.45) is 11.7 Å². The van der Waals surface area contributed by atoms with E-state index in [0.717, 1.165) is 12.8 Å². The maximum atomic E-state index is 5.88. The van der Waals surface area contributed by atoms with Crippen LogP contribution in [0.1, 0.15) is 19.3 Å². The third-order valence-corrected chi connectivity index (χ3v) is 3.11. The molecule has 1 fully saturated rings. The van der Waals surface area contributed by atoms with Crippen LogP contribution in [0, 0.1) is 5.92 Å². The van der Waals surface area contributed by atoms with Gasteiger partial charge in [0.25, 0.3) is 5.88 Å². The van der Waals surface area contributed by atoms with Gasteiger partial charge in [-0.25, -0.2) is 4.98 Å². The molecule has 1 aromatic rings. The molecular weight excluding hydrogens is 204 g/mol. The third kappa shape index (κ3) is 2.27. The second kappa shape index (κ2) is 5.16. The zero-order valence-electron chi connectivity index (χ0n) is 9.56. The number of rotatable bonds is 4. The number of aromatic nitrogens is 1. The van der Waals surface area contributed by atoms with Crippen LogP contribution in [-0.2, 0) is 0 Å². The van der Waals surface area contributed by atoms with Crippen molar-refractivity contribution in [3.8, 4) is 11.6 Å². The summed E-state index contributed by atoms with van der Waals surface area (Å²) in [4.78, 5) is 4.19. The molecular formula is C12H18N2O2. The van der Waals surface area contributed by atoms with Crippen molar-refractivity contribution in [2.75, 3.05) is 13.7 Å². The predicted molar refractivity (Wildman–Crippen MR) is 61.6 cm³/mol. The summed E-state index contributed by atoms with van der Waals surface area (Å²) in [6, 6.07) is 3.69. The largest absolute Gasteiger partial charge is 0.491 e. The van der Waals surface area contributed by atoms with Crippen molar-refractivity contribution in [1.82, 2.24) is 4.98 Å². The van der Waals surface area contributed by atoms with Gasteiger partial charge in [0.1, 0.15) is 6.10 Å². The van der Waals surface area contributed by atoms with Crippen LogP contribution in [0.25, 0.3) is 0 Å². The summed E-state index contributed by atoms with van der Waals surface area (Å²) in [5, 5.41) is 0. The van der Waals surface area contributed by atoms with E-state index in [4.69, 9.17) is 15.2 Å². The first-order chi connectivity index (χ1) is 7.85. The van der Waals surface area contributed by atoms with Gasteiger partial charge in [-0.2, -0.15) is 0 Å². The zero-order valence-corrected chi connectivity index (χ0v) is 9.56. The maximum Gasteiger partial charge on any atom is 0.257 e. The number of hydrogen-bond donors (Lipinski definition) is 1. The molecule has 2 unspecified atom stereocenters. The van der Waals surface area contributed by atoms with Crippen molar-refractivity contribution in [3.05, 3.63) is 18.3 Å². The van der Waals surface area contributed by atoms with Gasteiger partial charge in [-0.15, -0.1) is 0 Å². The molecule has 0 spiro atoms. The molecule has 0 radical (unpaired) electrons. The van der Waals surface area contributed by atoms with Crippen LogP contribution in [0.3, 0.4) is 0 Å². The minimum Gasteiger partial charge on any atom is -0.491 e. The van der Waals surface area contributed by atoms with Crippen LogP contribution < -0.4 is 15.2 Å². The second-order valence-electron chi connectivity index (χ2n) is 4.09. The molecule has 0 aliphatic heterocycles. The number of methoxy groups -OCH3 is 1. The topological polar surface area (TPSA) is 57.4 Å². The number of hydrogen-bond acceptors (Lipinski definition) is 4. The van der Waals surface area contributed by atoms with E-state index < -0.39 is 0 Å². The highest BCUT2D eigenvalue weighted by Crippen LogP contribution is 2.31.